The van der Waals surface area contributed by atoms with Crippen LogP contribution in [0.2, 0.25) is 0 Å². The lowest BCUT2D eigenvalue weighted by atomic mass is 10.1. The standard InChI is InChI=1S/C11H9N3O3S/c1-6-13-11(12)10(18-6)9(15)7-2-4-8(5-3-7)14(16)17/h2-5H,12H2,1H3. The molecule has 1 aromatic carbocycles. The van der Waals surface area contributed by atoms with Crippen molar-refractivity contribution in [2.45, 2.75) is 6.92 Å². The number of thiazole rings is 1. The third-order valence-corrected chi connectivity index (χ3v) is 3.29. The summed E-state index contributed by atoms with van der Waals surface area (Å²) in [6.45, 7) is 1.76. The van der Waals surface area contributed by atoms with Crippen molar-refractivity contribution in [1.82, 2.24) is 4.98 Å². The van der Waals surface area contributed by atoms with Gasteiger partial charge in [-0.3, -0.25) is 14.9 Å². The number of aromatic nitrogens is 1. The summed E-state index contributed by atoms with van der Waals surface area (Å²) >= 11 is 1.21. The summed E-state index contributed by atoms with van der Waals surface area (Å²) in [5, 5.41) is 11.2. The molecule has 0 atom stereocenters. The van der Waals surface area contributed by atoms with E-state index in [2.05, 4.69) is 4.98 Å². The molecule has 1 heterocycles. The Kier molecular flexibility index (Phi) is 3.07. The minimum absolute atomic E-state index is 0.0555. The third-order valence-electron chi connectivity index (χ3n) is 2.31. The Morgan fingerprint density at radius 2 is 2.00 bits per heavy atom. The zero-order valence-electron chi connectivity index (χ0n) is 9.41. The molecular weight excluding hydrogens is 254 g/mol. The molecule has 1 aromatic heterocycles. The van der Waals surface area contributed by atoms with Crippen molar-refractivity contribution in [3.63, 3.8) is 0 Å². The maximum Gasteiger partial charge on any atom is 0.269 e. The lowest BCUT2D eigenvalue weighted by molar-refractivity contribution is -0.384. The van der Waals surface area contributed by atoms with Crippen LogP contribution < -0.4 is 5.73 Å². The highest BCUT2D eigenvalue weighted by atomic mass is 32.1. The number of rotatable bonds is 3. The van der Waals surface area contributed by atoms with Crippen LogP contribution in [0.15, 0.2) is 24.3 Å². The number of nitrogens with two attached hydrogens (primary N) is 1. The van der Waals surface area contributed by atoms with Gasteiger partial charge in [0.25, 0.3) is 5.69 Å². The van der Waals surface area contributed by atoms with Gasteiger partial charge >= 0.3 is 0 Å². The monoisotopic (exact) mass is 263 g/mol. The average molecular weight is 263 g/mol. The predicted molar refractivity (Wildman–Crippen MR) is 67.8 cm³/mol. The Morgan fingerprint density at radius 3 is 2.44 bits per heavy atom. The van der Waals surface area contributed by atoms with Gasteiger partial charge in [0.2, 0.25) is 5.78 Å². The van der Waals surface area contributed by atoms with Crippen molar-refractivity contribution in [2.24, 2.45) is 0 Å². The van der Waals surface area contributed by atoms with E-state index in [4.69, 9.17) is 5.73 Å². The van der Waals surface area contributed by atoms with Gasteiger partial charge < -0.3 is 5.73 Å². The number of non-ortho nitro benzene ring substituents is 1. The zero-order valence-corrected chi connectivity index (χ0v) is 10.2. The Morgan fingerprint density at radius 1 is 1.39 bits per heavy atom. The number of ketones is 1. The van der Waals surface area contributed by atoms with Gasteiger partial charge in [0.05, 0.1) is 9.93 Å². The maximum absolute atomic E-state index is 12.1. The maximum atomic E-state index is 12.1. The van der Waals surface area contributed by atoms with E-state index in [0.29, 0.717) is 15.4 Å². The second-order valence-corrected chi connectivity index (χ2v) is 4.78. The summed E-state index contributed by atoms with van der Waals surface area (Å²) in [6, 6.07) is 5.40. The molecule has 0 amide bonds. The highest BCUT2D eigenvalue weighted by molar-refractivity contribution is 7.14. The number of nitro groups is 1. The summed E-state index contributed by atoms with van der Waals surface area (Å²) in [5.74, 6) is -0.0751. The first kappa shape index (κ1) is 12.2. The van der Waals surface area contributed by atoms with Gasteiger partial charge in [-0.1, -0.05) is 0 Å². The Balaban J connectivity index is 2.34. The van der Waals surface area contributed by atoms with Gasteiger partial charge in [-0.2, -0.15) is 0 Å². The van der Waals surface area contributed by atoms with Crippen LogP contribution in [0.25, 0.3) is 0 Å². The van der Waals surface area contributed by atoms with Crippen LogP contribution in [-0.2, 0) is 0 Å². The molecule has 0 saturated carbocycles. The molecule has 18 heavy (non-hydrogen) atoms. The van der Waals surface area contributed by atoms with E-state index in [1.807, 2.05) is 0 Å². The molecule has 0 bridgehead atoms. The topological polar surface area (TPSA) is 99.1 Å². The van der Waals surface area contributed by atoms with Crippen molar-refractivity contribution in [3.05, 3.63) is 49.8 Å². The van der Waals surface area contributed by atoms with Crippen molar-refractivity contribution < 1.29 is 9.72 Å². The number of carbonyl (C=O) groups is 1. The molecular formula is C11H9N3O3S. The summed E-state index contributed by atoms with van der Waals surface area (Å²) < 4.78 is 0. The highest BCUT2D eigenvalue weighted by Gasteiger charge is 2.17. The van der Waals surface area contributed by atoms with Crippen LogP contribution in [0.3, 0.4) is 0 Å². The molecule has 0 saturated heterocycles. The number of aryl methyl sites for hydroxylation is 1. The van der Waals surface area contributed by atoms with E-state index >= 15 is 0 Å². The number of hydrogen-bond donors (Lipinski definition) is 1. The number of hydrogen-bond acceptors (Lipinski definition) is 6. The molecule has 2 N–H and O–H groups in total. The highest BCUT2D eigenvalue weighted by Crippen LogP contribution is 2.24. The minimum Gasteiger partial charge on any atom is -0.382 e. The van der Waals surface area contributed by atoms with Crippen LogP contribution in [-0.4, -0.2) is 15.7 Å². The van der Waals surface area contributed by atoms with Gasteiger partial charge in [-0.25, -0.2) is 4.98 Å². The van der Waals surface area contributed by atoms with E-state index in [9.17, 15) is 14.9 Å². The van der Waals surface area contributed by atoms with Gasteiger partial charge in [0, 0.05) is 17.7 Å². The van der Waals surface area contributed by atoms with Crippen molar-refractivity contribution in [3.8, 4) is 0 Å². The molecule has 2 aromatic rings. The Bertz CT molecular complexity index is 619. The first-order valence-electron chi connectivity index (χ1n) is 5.01. The van der Waals surface area contributed by atoms with E-state index in [0.717, 1.165) is 0 Å². The lowest BCUT2D eigenvalue weighted by Gasteiger charge is -1.98. The molecule has 0 aliphatic heterocycles. The molecule has 6 nitrogen and oxygen atoms in total. The fraction of sp³-hybridized carbons (Fsp3) is 0.0909. The summed E-state index contributed by atoms with van der Waals surface area (Å²) in [4.78, 5) is 26.4. The quantitative estimate of drug-likeness (QED) is 0.519. The largest absolute Gasteiger partial charge is 0.382 e. The molecule has 0 aliphatic carbocycles. The van der Waals surface area contributed by atoms with Crippen LogP contribution in [0, 0.1) is 17.0 Å². The molecule has 0 unspecified atom stereocenters. The van der Waals surface area contributed by atoms with Crippen LogP contribution in [0.1, 0.15) is 20.2 Å². The molecule has 0 fully saturated rings. The minimum atomic E-state index is -0.514. The van der Waals surface area contributed by atoms with Gasteiger partial charge in [-0.05, 0) is 19.1 Å². The zero-order chi connectivity index (χ0) is 13.3. The summed E-state index contributed by atoms with van der Waals surface area (Å²) in [6.07, 6.45) is 0. The fourth-order valence-corrected chi connectivity index (χ4v) is 2.27. The molecule has 0 spiro atoms. The number of benzene rings is 1. The lowest BCUT2D eigenvalue weighted by Crippen LogP contribution is -2.02. The van der Waals surface area contributed by atoms with Gasteiger partial charge in [0.1, 0.15) is 10.7 Å². The van der Waals surface area contributed by atoms with Crippen LogP contribution >= 0.6 is 11.3 Å². The molecule has 92 valence electrons. The Hall–Kier alpha value is -2.28. The Labute approximate surface area is 106 Å². The number of nitrogen functional groups attached to an aromatic ring is 1. The number of nitrogens with zero attached hydrogens (tertiary/aromatic N) is 2. The third kappa shape index (κ3) is 2.21. The second-order valence-electron chi connectivity index (χ2n) is 3.58. The SMILES string of the molecule is Cc1nc(N)c(C(=O)c2ccc([N+](=O)[O-])cc2)s1. The second kappa shape index (κ2) is 4.53. The molecule has 2 rings (SSSR count). The number of anilines is 1. The van der Waals surface area contributed by atoms with Crippen molar-refractivity contribution in [1.29, 1.82) is 0 Å². The van der Waals surface area contributed by atoms with Crippen molar-refractivity contribution in [2.75, 3.05) is 5.73 Å². The normalized spacial score (nSPS) is 10.3. The van der Waals surface area contributed by atoms with Crippen LogP contribution in [0.4, 0.5) is 11.5 Å². The molecule has 0 aliphatic rings. The fourth-order valence-electron chi connectivity index (χ4n) is 1.47. The van der Waals surface area contributed by atoms with E-state index < -0.39 is 4.92 Å². The van der Waals surface area contributed by atoms with Gasteiger partial charge in [-0.15, -0.1) is 11.3 Å². The predicted octanol–water partition coefficient (Wildman–Crippen LogP) is 2.17. The summed E-state index contributed by atoms with van der Waals surface area (Å²) in [5.41, 5.74) is 5.93. The van der Waals surface area contributed by atoms with Crippen molar-refractivity contribution >= 4 is 28.6 Å². The smallest absolute Gasteiger partial charge is 0.269 e. The summed E-state index contributed by atoms with van der Waals surface area (Å²) in [7, 11) is 0. The first-order chi connectivity index (χ1) is 8.49. The average Bonchev–Trinajstić information content (AvgIpc) is 2.67. The van der Waals surface area contributed by atoms with Gasteiger partial charge in [0.15, 0.2) is 0 Å². The van der Waals surface area contributed by atoms with E-state index in [1.165, 1.54) is 35.6 Å². The van der Waals surface area contributed by atoms with Crippen LogP contribution in [0.5, 0.6) is 0 Å². The number of nitro benzene ring substituents is 1. The number of carbonyl (C=O) groups excluding carboxylic acids is 1. The molecule has 0 radical (unpaired) electrons. The first-order valence-corrected chi connectivity index (χ1v) is 5.82. The van der Waals surface area contributed by atoms with E-state index in [-0.39, 0.29) is 17.3 Å². The molecule has 7 heteroatoms. The van der Waals surface area contributed by atoms with E-state index in [1.54, 1.807) is 6.92 Å².